The normalized spacial score (nSPS) is 10.6. The van der Waals surface area contributed by atoms with E-state index in [0.29, 0.717) is 5.75 Å². The van der Waals surface area contributed by atoms with E-state index in [2.05, 4.69) is 20.8 Å². The molecule has 0 saturated carbocycles. The van der Waals surface area contributed by atoms with Gasteiger partial charge in [0.25, 0.3) is 0 Å². The van der Waals surface area contributed by atoms with Crippen molar-refractivity contribution in [1.29, 1.82) is 0 Å². The Labute approximate surface area is 83.7 Å². The fraction of sp³-hybridized carbons (Fsp3) is 0.400. The van der Waals surface area contributed by atoms with Gasteiger partial charge in [-0.05, 0) is 23.1 Å². The maximum absolute atomic E-state index is 9.02. The first kappa shape index (κ1) is 11.5. The van der Waals surface area contributed by atoms with Crippen molar-refractivity contribution in [2.75, 3.05) is 0 Å². The van der Waals surface area contributed by atoms with Gasteiger partial charge in [-0.25, -0.2) is 0 Å². The number of aromatic hydroxyl groups is 1. The maximum atomic E-state index is 9.02. The Kier molecular flexibility index (Phi) is 3.79. The summed E-state index contributed by atoms with van der Waals surface area (Å²) >= 11 is 0. The van der Waals surface area contributed by atoms with Crippen molar-refractivity contribution in [3.63, 3.8) is 0 Å². The zero-order valence-electron chi connectivity index (χ0n) is 7.57. The molecule has 12 heavy (non-hydrogen) atoms. The second-order valence-corrected chi connectivity index (χ2v) is 3.80. The van der Waals surface area contributed by atoms with Crippen LogP contribution in [0.5, 0.6) is 5.75 Å². The summed E-state index contributed by atoms with van der Waals surface area (Å²) in [6.45, 7) is 6.46. The summed E-state index contributed by atoms with van der Waals surface area (Å²) in [4.78, 5) is 0. The van der Waals surface area contributed by atoms with E-state index in [-0.39, 0.29) is 21.9 Å². The first-order valence-corrected chi connectivity index (χ1v) is 3.79. The number of rotatable bonds is 0. The molecule has 0 saturated heterocycles. The van der Waals surface area contributed by atoms with Gasteiger partial charge in [0.1, 0.15) is 5.75 Å². The Hall–Kier alpha value is -0.486. The number of hydrogen-bond acceptors (Lipinski definition) is 1. The molecule has 0 bridgehead atoms. The number of hydrogen-bond donors (Lipinski definition) is 1. The Morgan fingerprint density at radius 3 is 1.75 bits per heavy atom. The fourth-order valence-electron chi connectivity index (χ4n) is 0.961. The molecule has 1 nitrogen and oxygen atoms in total. The molecule has 0 aliphatic carbocycles. The first-order valence-electron chi connectivity index (χ1n) is 3.79. The van der Waals surface area contributed by atoms with Crippen LogP contribution in [-0.2, 0) is 21.9 Å². The van der Waals surface area contributed by atoms with Crippen LogP contribution >= 0.6 is 0 Å². The van der Waals surface area contributed by atoms with E-state index < -0.39 is 0 Å². The predicted molar refractivity (Wildman–Crippen MR) is 46.8 cm³/mol. The van der Waals surface area contributed by atoms with Crippen LogP contribution in [-0.4, -0.2) is 5.11 Å². The predicted octanol–water partition coefficient (Wildman–Crippen LogP) is 2.69. The van der Waals surface area contributed by atoms with Gasteiger partial charge in [0.2, 0.25) is 0 Å². The Morgan fingerprint density at radius 1 is 1.00 bits per heavy atom. The third-order valence-electron chi connectivity index (χ3n) is 1.73. The van der Waals surface area contributed by atoms with Gasteiger partial charge in [-0.1, -0.05) is 32.9 Å². The Morgan fingerprint density at radius 2 is 1.42 bits per heavy atom. The third-order valence-corrected chi connectivity index (χ3v) is 1.73. The molecule has 70 valence electrons. The topological polar surface area (TPSA) is 20.2 Å². The number of phenolic OH excluding ortho intramolecular Hbond substituents is 1. The van der Waals surface area contributed by atoms with E-state index in [1.54, 1.807) is 12.1 Å². The van der Waals surface area contributed by atoms with Crippen LogP contribution in [0, 0.1) is 0 Å². The van der Waals surface area contributed by atoms with Crippen LogP contribution in [0.15, 0.2) is 24.3 Å². The van der Waals surface area contributed by atoms with Gasteiger partial charge in [0, 0.05) is 16.5 Å². The number of phenols is 1. The SMILES string of the molecule is CC(C)(C)c1ccc(O)cc1.[Ni]. The third kappa shape index (κ3) is 2.87. The Bertz CT molecular complexity index is 233. The van der Waals surface area contributed by atoms with Gasteiger partial charge in [-0.2, -0.15) is 0 Å². The summed E-state index contributed by atoms with van der Waals surface area (Å²) in [6, 6.07) is 7.35. The van der Waals surface area contributed by atoms with Crippen LogP contribution in [0.25, 0.3) is 0 Å². The molecule has 0 aliphatic heterocycles. The Balaban J connectivity index is 0.00000121. The van der Waals surface area contributed by atoms with Crippen molar-refractivity contribution < 1.29 is 21.6 Å². The summed E-state index contributed by atoms with van der Waals surface area (Å²) in [7, 11) is 0. The summed E-state index contributed by atoms with van der Waals surface area (Å²) in [5.41, 5.74) is 1.42. The molecule has 1 rings (SSSR count). The summed E-state index contributed by atoms with van der Waals surface area (Å²) in [5, 5.41) is 9.02. The summed E-state index contributed by atoms with van der Waals surface area (Å²) in [6.07, 6.45) is 0. The zero-order valence-corrected chi connectivity index (χ0v) is 8.56. The molecule has 0 unspecified atom stereocenters. The van der Waals surface area contributed by atoms with Gasteiger partial charge in [0.15, 0.2) is 0 Å². The van der Waals surface area contributed by atoms with Crippen LogP contribution < -0.4 is 0 Å². The second kappa shape index (κ2) is 3.95. The van der Waals surface area contributed by atoms with Crippen molar-refractivity contribution in [2.24, 2.45) is 0 Å². The average Bonchev–Trinajstić information content (AvgIpc) is 1.86. The van der Waals surface area contributed by atoms with Crippen LogP contribution in [0.4, 0.5) is 0 Å². The standard InChI is InChI=1S/C10H14O.Ni/c1-10(2,3)8-4-6-9(11)7-5-8;/h4-7,11H,1-3H3;. The largest absolute Gasteiger partial charge is 0.508 e. The molecule has 1 aromatic carbocycles. The molecule has 0 aliphatic rings. The van der Waals surface area contributed by atoms with Crippen LogP contribution in [0.3, 0.4) is 0 Å². The van der Waals surface area contributed by atoms with Crippen LogP contribution in [0.1, 0.15) is 26.3 Å². The van der Waals surface area contributed by atoms with Gasteiger partial charge in [-0.3, -0.25) is 0 Å². The smallest absolute Gasteiger partial charge is 0.115 e. The number of benzene rings is 1. The second-order valence-electron chi connectivity index (χ2n) is 3.80. The van der Waals surface area contributed by atoms with E-state index >= 15 is 0 Å². The minimum absolute atomic E-state index is 0. The van der Waals surface area contributed by atoms with Gasteiger partial charge in [-0.15, -0.1) is 0 Å². The molecule has 2 heteroatoms. The molecule has 0 atom stereocenters. The van der Waals surface area contributed by atoms with E-state index in [1.165, 1.54) is 5.56 Å². The quantitative estimate of drug-likeness (QED) is 0.651. The van der Waals surface area contributed by atoms with Gasteiger partial charge >= 0.3 is 0 Å². The molecular weight excluding hydrogens is 195 g/mol. The fourth-order valence-corrected chi connectivity index (χ4v) is 0.961. The van der Waals surface area contributed by atoms with Crippen molar-refractivity contribution >= 4 is 0 Å². The minimum Gasteiger partial charge on any atom is -0.508 e. The molecule has 0 radical (unpaired) electrons. The summed E-state index contributed by atoms with van der Waals surface area (Å²) < 4.78 is 0. The van der Waals surface area contributed by atoms with Crippen molar-refractivity contribution in [2.45, 2.75) is 26.2 Å². The van der Waals surface area contributed by atoms with E-state index in [0.717, 1.165) is 0 Å². The molecule has 0 heterocycles. The van der Waals surface area contributed by atoms with Crippen molar-refractivity contribution in [3.05, 3.63) is 29.8 Å². The molecule has 1 aromatic rings. The molecule has 0 aromatic heterocycles. The molecular formula is C10H14NiO. The average molecular weight is 209 g/mol. The van der Waals surface area contributed by atoms with E-state index in [9.17, 15) is 0 Å². The maximum Gasteiger partial charge on any atom is 0.115 e. The first-order chi connectivity index (χ1) is 5.00. The summed E-state index contributed by atoms with van der Waals surface area (Å²) in [5.74, 6) is 0.331. The van der Waals surface area contributed by atoms with E-state index in [1.807, 2.05) is 12.1 Å². The molecule has 0 amide bonds. The monoisotopic (exact) mass is 208 g/mol. The zero-order chi connectivity index (χ0) is 8.48. The van der Waals surface area contributed by atoms with Crippen molar-refractivity contribution in [3.8, 4) is 5.75 Å². The van der Waals surface area contributed by atoms with Crippen LogP contribution in [0.2, 0.25) is 0 Å². The molecule has 0 spiro atoms. The van der Waals surface area contributed by atoms with Gasteiger partial charge in [0.05, 0.1) is 0 Å². The molecule has 1 N–H and O–H groups in total. The van der Waals surface area contributed by atoms with E-state index in [4.69, 9.17) is 5.11 Å². The van der Waals surface area contributed by atoms with Gasteiger partial charge < -0.3 is 5.11 Å². The minimum atomic E-state index is 0. The van der Waals surface area contributed by atoms with Crippen molar-refractivity contribution in [1.82, 2.24) is 0 Å². The molecule has 0 fully saturated rings.